The standard InChI is InChI=1S/C13H16BrN3/c1-3-17-8-10(7-16-17)13(15)11-5-4-9(2)6-12(11)14/h4-8,13H,3,15H2,1-2H3. The van der Waals surface area contributed by atoms with Crippen LogP contribution in [0.5, 0.6) is 0 Å². The van der Waals surface area contributed by atoms with Crippen molar-refractivity contribution in [1.29, 1.82) is 0 Å². The van der Waals surface area contributed by atoms with E-state index in [1.165, 1.54) is 5.56 Å². The number of aromatic nitrogens is 2. The van der Waals surface area contributed by atoms with Crippen molar-refractivity contribution < 1.29 is 0 Å². The summed E-state index contributed by atoms with van der Waals surface area (Å²) < 4.78 is 2.94. The molecule has 0 spiro atoms. The predicted molar refractivity (Wildman–Crippen MR) is 72.8 cm³/mol. The van der Waals surface area contributed by atoms with Gasteiger partial charge in [-0.25, -0.2) is 0 Å². The van der Waals surface area contributed by atoms with E-state index in [9.17, 15) is 0 Å². The third-order valence-electron chi connectivity index (χ3n) is 2.83. The first kappa shape index (κ1) is 12.3. The van der Waals surface area contributed by atoms with E-state index in [1.54, 1.807) is 0 Å². The molecular weight excluding hydrogens is 278 g/mol. The minimum atomic E-state index is -0.134. The van der Waals surface area contributed by atoms with Crippen molar-refractivity contribution in [3.8, 4) is 0 Å². The summed E-state index contributed by atoms with van der Waals surface area (Å²) in [5.41, 5.74) is 9.60. The van der Waals surface area contributed by atoms with Crippen molar-refractivity contribution in [2.75, 3.05) is 0 Å². The summed E-state index contributed by atoms with van der Waals surface area (Å²) in [5, 5.41) is 4.25. The minimum Gasteiger partial charge on any atom is -0.320 e. The average Bonchev–Trinajstić information content (AvgIpc) is 2.76. The van der Waals surface area contributed by atoms with Crippen molar-refractivity contribution in [3.05, 3.63) is 51.8 Å². The van der Waals surface area contributed by atoms with E-state index >= 15 is 0 Å². The molecule has 0 saturated heterocycles. The fourth-order valence-corrected chi connectivity index (χ4v) is 2.52. The van der Waals surface area contributed by atoms with Crippen LogP contribution in [-0.2, 0) is 6.54 Å². The molecule has 0 bridgehead atoms. The Labute approximate surface area is 110 Å². The zero-order valence-electron chi connectivity index (χ0n) is 10.0. The minimum absolute atomic E-state index is 0.134. The molecule has 1 heterocycles. The lowest BCUT2D eigenvalue weighted by Crippen LogP contribution is -2.11. The van der Waals surface area contributed by atoms with Crippen molar-refractivity contribution >= 4 is 15.9 Å². The normalized spacial score (nSPS) is 12.7. The van der Waals surface area contributed by atoms with Crippen molar-refractivity contribution in [3.63, 3.8) is 0 Å². The quantitative estimate of drug-likeness (QED) is 0.945. The summed E-state index contributed by atoms with van der Waals surface area (Å²) in [5.74, 6) is 0. The molecule has 3 nitrogen and oxygen atoms in total. The Morgan fingerprint density at radius 3 is 2.82 bits per heavy atom. The summed E-state index contributed by atoms with van der Waals surface area (Å²) in [6, 6.07) is 6.09. The van der Waals surface area contributed by atoms with Crippen LogP contribution in [0.1, 0.15) is 29.7 Å². The Bertz CT molecular complexity index is 519. The highest BCUT2D eigenvalue weighted by atomic mass is 79.9. The molecule has 1 atom stereocenters. The number of hydrogen-bond acceptors (Lipinski definition) is 2. The molecule has 90 valence electrons. The van der Waals surface area contributed by atoms with Gasteiger partial charge in [0.2, 0.25) is 0 Å². The zero-order chi connectivity index (χ0) is 12.4. The summed E-state index contributed by atoms with van der Waals surface area (Å²) in [6.45, 7) is 4.99. The first-order chi connectivity index (χ1) is 8.11. The third-order valence-corrected chi connectivity index (χ3v) is 3.51. The van der Waals surface area contributed by atoms with Crippen molar-refractivity contribution in [1.82, 2.24) is 9.78 Å². The molecule has 17 heavy (non-hydrogen) atoms. The molecule has 0 aliphatic rings. The Morgan fingerprint density at radius 2 is 2.24 bits per heavy atom. The van der Waals surface area contributed by atoms with Crippen LogP contribution in [0.25, 0.3) is 0 Å². The molecular formula is C13H16BrN3. The van der Waals surface area contributed by atoms with E-state index in [-0.39, 0.29) is 6.04 Å². The second-order valence-corrected chi connectivity index (χ2v) is 4.99. The number of nitrogens with two attached hydrogens (primary N) is 1. The first-order valence-electron chi connectivity index (χ1n) is 5.65. The van der Waals surface area contributed by atoms with Crippen LogP contribution in [0.3, 0.4) is 0 Å². The summed E-state index contributed by atoms with van der Waals surface area (Å²) >= 11 is 3.56. The van der Waals surface area contributed by atoms with Gasteiger partial charge in [-0.15, -0.1) is 0 Å². The zero-order valence-corrected chi connectivity index (χ0v) is 11.6. The second-order valence-electron chi connectivity index (χ2n) is 4.13. The Kier molecular flexibility index (Phi) is 3.64. The fourth-order valence-electron chi connectivity index (χ4n) is 1.78. The van der Waals surface area contributed by atoms with Crippen LogP contribution >= 0.6 is 15.9 Å². The van der Waals surface area contributed by atoms with Crippen LogP contribution in [0.4, 0.5) is 0 Å². The molecule has 0 aliphatic carbocycles. The number of nitrogens with zero attached hydrogens (tertiary/aromatic N) is 2. The van der Waals surface area contributed by atoms with Gasteiger partial charge in [0.25, 0.3) is 0 Å². The number of rotatable bonds is 3. The van der Waals surface area contributed by atoms with E-state index in [0.29, 0.717) is 0 Å². The van der Waals surface area contributed by atoms with Gasteiger partial charge in [0.05, 0.1) is 12.2 Å². The Balaban J connectivity index is 2.33. The van der Waals surface area contributed by atoms with Gasteiger partial charge >= 0.3 is 0 Å². The van der Waals surface area contributed by atoms with Gasteiger partial charge in [-0.1, -0.05) is 28.1 Å². The maximum atomic E-state index is 6.25. The van der Waals surface area contributed by atoms with Gasteiger partial charge in [-0.05, 0) is 31.0 Å². The smallest absolute Gasteiger partial charge is 0.0594 e. The first-order valence-corrected chi connectivity index (χ1v) is 6.45. The molecule has 2 aromatic rings. The molecule has 1 aromatic carbocycles. The highest BCUT2D eigenvalue weighted by Crippen LogP contribution is 2.27. The van der Waals surface area contributed by atoms with Crippen LogP contribution in [0.15, 0.2) is 35.1 Å². The van der Waals surface area contributed by atoms with Crippen LogP contribution in [-0.4, -0.2) is 9.78 Å². The van der Waals surface area contributed by atoms with Crippen LogP contribution in [0.2, 0.25) is 0 Å². The molecule has 1 aromatic heterocycles. The second kappa shape index (κ2) is 5.02. The number of aryl methyl sites for hydroxylation is 2. The van der Waals surface area contributed by atoms with Gasteiger partial charge in [-0.2, -0.15) is 5.10 Å². The van der Waals surface area contributed by atoms with E-state index in [0.717, 1.165) is 22.1 Å². The molecule has 0 aliphatic heterocycles. The molecule has 0 fully saturated rings. The largest absolute Gasteiger partial charge is 0.320 e. The topological polar surface area (TPSA) is 43.8 Å². The van der Waals surface area contributed by atoms with Crippen LogP contribution < -0.4 is 5.73 Å². The number of benzene rings is 1. The molecule has 0 radical (unpaired) electrons. The number of hydrogen-bond donors (Lipinski definition) is 1. The maximum absolute atomic E-state index is 6.25. The third kappa shape index (κ3) is 2.58. The van der Waals surface area contributed by atoms with Gasteiger partial charge in [0, 0.05) is 22.8 Å². The van der Waals surface area contributed by atoms with E-state index in [2.05, 4.69) is 53.1 Å². The Morgan fingerprint density at radius 1 is 1.47 bits per heavy atom. The highest BCUT2D eigenvalue weighted by molar-refractivity contribution is 9.10. The fraction of sp³-hybridized carbons (Fsp3) is 0.308. The monoisotopic (exact) mass is 293 g/mol. The van der Waals surface area contributed by atoms with E-state index < -0.39 is 0 Å². The predicted octanol–water partition coefficient (Wildman–Crippen LogP) is 3.02. The highest BCUT2D eigenvalue weighted by Gasteiger charge is 2.13. The van der Waals surface area contributed by atoms with Crippen LogP contribution in [0, 0.1) is 6.92 Å². The summed E-state index contributed by atoms with van der Waals surface area (Å²) in [6.07, 6.45) is 3.83. The molecule has 0 saturated carbocycles. The maximum Gasteiger partial charge on any atom is 0.0594 e. The van der Waals surface area contributed by atoms with Gasteiger partial charge in [0.15, 0.2) is 0 Å². The summed E-state index contributed by atoms with van der Waals surface area (Å²) in [4.78, 5) is 0. The lowest BCUT2D eigenvalue weighted by molar-refractivity contribution is 0.658. The summed E-state index contributed by atoms with van der Waals surface area (Å²) in [7, 11) is 0. The molecule has 0 amide bonds. The molecule has 4 heteroatoms. The van der Waals surface area contributed by atoms with Gasteiger partial charge in [0.1, 0.15) is 0 Å². The van der Waals surface area contributed by atoms with E-state index in [4.69, 9.17) is 5.73 Å². The van der Waals surface area contributed by atoms with Gasteiger partial charge in [-0.3, -0.25) is 4.68 Å². The van der Waals surface area contributed by atoms with E-state index in [1.807, 2.05) is 17.1 Å². The van der Waals surface area contributed by atoms with Crippen molar-refractivity contribution in [2.24, 2.45) is 5.73 Å². The average molecular weight is 294 g/mol. The molecule has 1 unspecified atom stereocenters. The number of halogens is 1. The molecule has 2 rings (SSSR count). The molecule has 2 N–H and O–H groups in total. The Hall–Kier alpha value is -1.13. The lowest BCUT2D eigenvalue weighted by atomic mass is 10.0. The SMILES string of the molecule is CCn1cc(C(N)c2ccc(C)cc2Br)cn1. The van der Waals surface area contributed by atoms with Gasteiger partial charge < -0.3 is 5.73 Å². The van der Waals surface area contributed by atoms with Crippen molar-refractivity contribution in [2.45, 2.75) is 26.4 Å². The lowest BCUT2D eigenvalue weighted by Gasteiger charge is -2.12.